The molecule has 8 atom stereocenters. The van der Waals surface area contributed by atoms with E-state index in [4.69, 9.17) is 14.9 Å². The number of nitriles is 1. The van der Waals surface area contributed by atoms with E-state index in [1.54, 1.807) is 26.1 Å². The van der Waals surface area contributed by atoms with Gasteiger partial charge in [-0.25, -0.2) is 0 Å². The number of carboxylic acid groups (broad SMARTS) is 1. The van der Waals surface area contributed by atoms with Gasteiger partial charge in [-0.05, 0) is 130 Å². The first-order valence-corrected chi connectivity index (χ1v) is 21.8. The lowest BCUT2D eigenvalue weighted by atomic mass is 9.33. The van der Waals surface area contributed by atoms with Gasteiger partial charge in [-0.1, -0.05) is 54.0 Å². The quantitative estimate of drug-likeness (QED) is 0.212. The molecule has 0 aromatic carbocycles. The number of Topliss-reactive ketones (excluding diaryl/α,β-unsaturated/α-hetero) is 1. The van der Waals surface area contributed by atoms with Crippen LogP contribution >= 0.6 is 0 Å². The number of pyridine rings is 1. The van der Waals surface area contributed by atoms with Crippen molar-refractivity contribution < 1.29 is 24.2 Å². The van der Waals surface area contributed by atoms with Gasteiger partial charge < -0.3 is 19.7 Å². The number of esters is 1. The first-order chi connectivity index (χ1) is 27.2. The molecule has 0 aliphatic heterocycles. The number of ketones is 1. The molecule has 0 unspecified atom stereocenters. The van der Waals surface area contributed by atoms with Gasteiger partial charge in [-0.2, -0.15) is 5.26 Å². The summed E-state index contributed by atoms with van der Waals surface area (Å²) in [7, 11) is 1.94. The summed E-state index contributed by atoms with van der Waals surface area (Å²) in [5, 5.41) is 31.8. The maximum absolute atomic E-state index is 14.4. The zero-order chi connectivity index (χ0) is 42.2. The van der Waals surface area contributed by atoms with Crippen LogP contribution in [0.15, 0.2) is 29.5 Å². The van der Waals surface area contributed by atoms with Crippen LogP contribution in [0, 0.1) is 67.5 Å². The van der Waals surface area contributed by atoms with Gasteiger partial charge in [0.05, 0.1) is 17.4 Å². The number of rotatable bonds is 11. The number of nitrogens with one attached hydrogen (secondary N) is 1. The minimum Gasteiger partial charge on any atom is -0.481 e. The fourth-order valence-corrected chi connectivity index (χ4v) is 13.8. The molecule has 0 bridgehead atoms. The monoisotopic (exact) mass is 795 g/mol. The number of likely N-dealkylation sites (N-methyl/N-ethyl adjacent to an activating group) is 1. The summed E-state index contributed by atoms with van der Waals surface area (Å²) >= 11 is 0. The molecule has 5 aliphatic carbocycles. The molecule has 2 heterocycles. The van der Waals surface area contributed by atoms with Crippen molar-refractivity contribution in [2.24, 2.45) is 56.2 Å². The number of carboxylic acids is 1. The Morgan fingerprint density at radius 1 is 1.02 bits per heavy atom. The van der Waals surface area contributed by atoms with Gasteiger partial charge in [-0.3, -0.25) is 19.4 Å². The molecule has 0 spiro atoms. The summed E-state index contributed by atoms with van der Waals surface area (Å²) in [5.41, 5.74) is 2.02. The van der Waals surface area contributed by atoms with E-state index < -0.39 is 17.4 Å². The molecule has 0 radical (unpaired) electrons. The van der Waals surface area contributed by atoms with Crippen LogP contribution in [0.5, 0.6) is 0 Å². The lowest BCUT2D eigenvalue weighted by Gasteiger charge is -2.72. The normalized spacial score (nSPS) is 34.1. The van der Waals surface area contributed by atoms with Gasteiger partial charge in [0.1, 0.15) is 23.7 Å². The van der Waals surface area contributed by atoms with Crippen LogP contribution in [0.2, 0.25) is 0 Å². The van der Waals surface area contributed by atoms with E-state index in [1.807, 2.05) is 13.1 Å². The Morgan fingerprint density at radius 3 is 2.40 bits per heavy atom. The maximum atomic E-state index is 14.4. The van der Waals surface area contributed by atoms with Crippen LogP contribution in [-0.2, 0) is 32.1 Å². The van der Waals surface area contributed by atoms with Crippen molar-refractivity contribution in [1.82, 2.24) is 25.1 Å². The first-order valence-electron chi connectivity index (χ1n) is 21.8. The molecule has 0 saturated heterocycles. The largest absolute Gasteiger partial charge is 0.481 e. The van der Waals surface area contributed by atoms with Crippen molar-refractivity contribution in [3.8, 4) is 17.6 Å². The molecule has 11 nitrogen and oxygen atoms in total. The molecule has 0 amide bonds. The fraction of sp³-hybridized carbons (Fsp3) is 0.723. The van der Waals surface area contributed by atoms with Crippen molar-refractivity contribution in [2.45, 2.75) is 146 Å². The number of nitrogens with zero attached hydrogens (tertiary/aromatic N) is 5. The second-order valence-electron chi connectivity index (χ2n) is 21.1. The van der Waals surface area contributed by atoms with Gasteiger partial charge in [0.25, 0.3) is 0 Å². The van der Waals surface area contributed by atoms with E-state index in [0.29, 0.717) is 60.0 Å². The summed E-state index contributed by atoms with van der Waals surface area (Å²) in [6.45, 7) is 21.2. The van der Waals surface area contributed by atoms with E-state index in [2.05, 4.69) is 69.4 Å². The van der Waals surface area contributed by atoms with E-state index in [9.17, 15) is 24.8 Å². The zero-order valence-electron chi connectivity index (χ0n) is 36.6. The number of hydrogen-bond acceptors (Lipinski definition) is 9. The minimum absolute atomic E-state index is 0.000727. The lowest BCUT2D eigenvalue weighted by molar-refractivity contribution is -0.233. The lowest BCUT2D eigenvalue weighted by Crippen LogP contribution is -2.65. The Bertz CT molecular complexity index is 2040. The molecular weight excluding hydrogens is 729 g/mol. The third-order valence-electron chi connectivity index (χ3n) is 17.0. The number of allylic oxidation sites excluding steroid dienone is 2. The molecular formula is C47H66N6O5. The first kappa shape index (κ1) is 42.2. The predicted molar refractivity (Wildman–Crippen MR) is 221 cm³/mol. The molecule has 7 rings (SSSR count). The molecule has 2 aromatic heterocycles. The molecule has 4 saturated carbocycles. The van der Waals surface area contributed by atoms with Crippen molar-refractivity contribution in [3.05, 3.63) is 40.9 Å². The topological polar surface area (TPSA) is 160 Å². The molecule has 4 fully saturated rings. The number of fused-ring (bicyclic) bond motifs is 7. The van der Waals surface area contributed by atoms with Crippen LogP contribution in [0.25, 0.3) is 11.5 Å². The Labute approximate surface area is 345 Å². The summed E-state index contributed by atoms with van der Waals surface area (Å²) in [4.78, 5) is 43.9. The number of ether oxygens (including phenoxy) is 1. The highest BCUT2D eigenvalue weighted by Crippen LogP contribution is 2.77. The van der Waals surface area contributed by atoms with Crippen molar-refractivity contribution in [3.63, 3.8) is 0 Å². The Balaban J connectivity index is 1.20. The summed E-state index contributed by atoms with van der Waals surface area (Å²) in [5.74, 6) is 1.73. The molecule has 314 valence electrons. The van der Waals surface area contributed by atoms with Gasteiger partial charge in [-0.15, -0.1) is 10.2 Å². The Kier molecular flexibility index (Phi) is 10.7. The molecule has 5 aliphatic rings. The Morgan fingerprint density at radius 2 is 1.76 bits per heavy atom. The second-order valence-corrected chi connectivity index (χ2v) is 21.1. The van der Waals surface area contributed by atoms with E-state index >= 15 is 0 Å². The molecule has 11 heteroatoms. The van der Waals surface area contributed by atoms with E-state index in [-0.39, 0.29) is 45.5 Å². The van der Waals surface area contributed by atoms with Crippen LogP contribution in [0.3, 0.4) is 0 Å². The van der Waals surface area contributed by atoms with Gasteiger partial charge in [0.15, 0.2) is 11.6 Å². The standard InChI is InChI=1S/C47H66N6O5/c1-28(2)38-32(54)23-47(24-36-51-52-40(53(36)22-21-49-10)31-13-11-29(26-48)27-50-31)20-19-45(8)30(39(38)47)12-14-34-44(7)17-16-35(58-37(55)25-42(3,4)41(56)57)43(5,6)33(44)15-18-46(34,45)9/h11,13,27-28,30,33-35,49H,12,14-25H2,1-10H3,(H,56,57)/t30-,33+,34-,35+,44+,45-,46-,47+/m1/s1. The van der Waals surface area contributed by atoms with Crippen LogP contribution < -0.4 is 5.32 Å². The Hall–Kier alpha value is -3.91. The smallest absolute Gasteiger partial charge is 0.309 e. The number of carbonyl (C=O) groups excluding carboxylic acids is 2. The number of aliphatic carboxylic acids is 1. The zero-order valence-corrected chi connectivity index (χ0v) is 36.6. The van der Waals surface area contributed by atoms with Gasteiger partial charge in [0, 0.05) is 43.0 Å². The third kappa shape index (κ3) is 6.46. The fourth-order valence-electron chi connectivity index (χ4n) is 13.8. The highest BCUT2D eigenvalue weighted by atomic mass is 16.5. The van der Waals surface area contributed by atoms with Gasteiger partial charge >= 0.3 is 11.9 Å². The summed E-state index contributed by atoms with van der Waals surface area (Å²) < 4.78 is 8.37. The number of hydrogen-bond donors (Lipinski definition) is 2. The van der Waals surface area contributed by atoms with E-state index in [0.717, 1.165) is 69.3 Å². The second kappa shape index (κ2) is 14.7. The average molecular weight is 795 g/mol. The van der Waals surface area contributed by atoms with Crippen LogP contribution in [0.1, 0.15) is 138 Å². The van der Waals surface area contributed by atoms with Crippen molar-refractivity contribution in [2.75, 3.05) is 13.6 Å². The highest BCUT2D eigenvalue weighted by molar-refractivity contribution is 6.00. The highest BCUT2D eigenvalue weighted by Gasteiger charge is 2.70. The minimum atomic E-state index is -1.17. The molecule has 58 heavy (non-hydrogen) atoms. The maximum Gasteiger partial charge on any atom is 0.309 e. The third-order valence-corrected chi connectivity index (χ3v) is 17.0. The SMILES string of the molecule is CNCCn1c(C[C@@]23CC[C@]4(C)[C@H](CC[C@@H]5[C@@]6(C)CC[C@H](OC(=O)CC(C)(C)C(=O)O)C(C)(C)[C@@H]6CC[C@]54C)C2=C(C(C)C)C(=O)C3)nnc1-c1ccc(C#N)cn1. The molecule has 2 aromatic rings. The average Bonchev–Trinajstić information content (AvgIpc) is 3.68. The predicted octanol–water partition coefficient (Wildman–Crippen LogP) is 8.37. The summed E-state index contributed by atoms with van der Waals surface area (Å²) in [6, 6.07) is 5.76. The molecule has 2 N–H and O–H groups in total. The number of carbonyl (C=O) groups is 3. The van der Waals surface area contributed by atoms with Crippen molar-refractivity contribution in [1.29, 1.82) is 5.26 Å². The summed E-state index contributed by atoms with van der Waals surface area (Å²) in [6.07, 6.45) is 10.4. The van der Waals surface area contributed by atoms with E-state index in [1.165, 1.54) is 5.57 Å². The van der Waals surface area contributed by atoms with Crippen molar-refractivity contribution >= 4 is 17.7 Å². The van der Waals surface area contributed by atoms with Crippen LogP contribution in [0.4, 0.5) is 0 Å². The number of aromatic nitrogens is 4. The van der Waals surface area contributed by atoms with Gasteiger partial charge in [0.2, 0.25) is 0 Å². The van der Waals surface area contributed by atoms with Crippen LogP contribution in [-0.4, -0.2) is 62.3 Å².